The van der Waals surface area contributed by atoms with Gasteiger partial charge in [-0.1, -0.05) is 30.3 Å². The maximum Gasteiger partial charge on any atom is 0.319 e. The first kappa shape index (κ1) is 12.3. The van der Waals surface area contributed by atoms with Gasteiger partial charge in [0.1, 0.15) is 5.00 Å². The Balaban J connectivity index is 2.35. The highest BCUT2D eigenvalue weighted by Gasteiger charge is 2.11. The molecule has 0 atom stereocenters. The fraction of sp³-hybridized carbons (Fsp3) is 0.0769. The molecule has 0 bridgehead atoms. The third-order valence-corrected chi connectivity index (χ3v) is 3.52. The normalized spacial score (nSPS) is 9.83. The van der Waals surface area contributed by atoms with Crippen molar-refractivity contribution in [3.8, 4) is 10.4 Å². The average Bonchev–Trinajstić information content (AvgIpc) is 2.82. The Morgan fingerprint density at radius 3 is 2.61 bits per heavy atom. The Morgan fingerprint density at radius 1 is 1.28 bits per heavy atom. The van der Waals surface area contributed by atoms with Crippen LogP contribution in [0, 0.1) is 0 Å². The molecule has 0 unspecified atom stereocenters. The van der Waals surface area contributed by atoms with Crippen LogP contribution in [0.1, 0.15) is 10.4 Å². The zero-order valence-electron chi connectivity index (χ0n) is 9.77. The highest BCUT2D eigenvalue weighted by atomic mass is 32.1. The quantitative estimate of drug-likeness (QED) is 0.833. The minimum absolute atomic E-state index is 0.334. The molecule has 2 rings (SSSR count). The largest absolute Gasteiger partial charge is 0.341 e. The zero-order valence-corrected chi connectivity index (χ0v) is 10.6. The van der Waals surface area contributed by atoms with Crippen LogP contribution in [-0.4, -0.2) is 19.4 Å². The predicted molar refractivity (Wildman–Crippen MR) is 73.2 cm³/mol. The van der Waals surface area contributed by atoms with Crippen molar-refractivity contribution in [1.82, 2.24) is 5.32 Å². The number of urea groups is 1. The van der Waals surface area contributed by atoms with E-state index < -0.39 is 0 Å². The summed E-state index contributed by atoms with van der Waals surface area (Å²) in [6.45, 7) is 0. The molecule has 0 saturated heterocycles. The number of thiophene rings is 1. The third kappa shape index (κ3) is 2.57. The molecule has 0 aliphatic carbocycles. The molecule has 1 aromatic carbocycles. The van der Waals surface area contributed by atoms with E-state index in [1.807, 2.05) is 30.3 Å². The molecule has 1 heterocycles. The number of hydrogen-bond donors (Lipinski definition) is 2. The zero-order chi connectivity index (χ0) is 13.0. The summed E-state index contributed by atoms with van der Waals surface area (Å²) in [5.41, 5.74) is 1.51. The number of nitrogens with one attached hydrogen (secondary N) is 2. The van der Waals surface area contributed by atoms with Gasteiger partial charge in [-0.15, -0.1) is 11.3 Å². The highest BCUT2D eigenvalue weighted by molar-refractivity contribution is 7.20. The lowest BCUT2D eigenvalue weighted by Gasteiger charge is -2.01. The molecular weight excluding hydrogens is 248 g/mol. The Hall–Kier alpha value is -2.14. The molecule has 0 spiro atoms. The topological polar surface area (TPSA) is 58.2 Å². The van der Waals surface area contributed by atoms with Crippen LogP contribution in [0.15, 0.2) is 36.4 Å². The number of benzene rings is 1. The molecule has 18 heavy (non-hydrogen) atoms. The highest BCUT2D eigenvalue weighted by Crippen LogP contribution is 2.34. The van der Waals surface area contributed by atoms with E-state index in [0.717, 1.165) is 16.7 Å². The summed E-state index contributed by atoms with van der Waals surface area (Å²) >= 11 is 1.38. The minimum atomic E-state index is -0.334. The molecule has 2 amide bonds. The summed E-state index contributed by atoms with van der Waals surface area (Å²) in [6.07, 6.45) is 0.744. The second-order valence-electron chi connectivity index (χ2n) is 3.58. The summed E-state index contributed by atoms with van der Waals surface area (Å²) in [5, 5.41) is 5.65. The first-order valence-electron chi connectivity index (χ1n) is 5.37. The number of amides is 2. The smallest absolute Gasteiger partial charge is 0.319 e. The van der Waals surface area contributed by atoms with E-state index in [9.17, 15) is 9.59 Å². The third-order valence-electron chi connectivity index (χ3n) is 2.40. The van der Waals surface area contributed by atoms with Gasteiger partial charge in [-0.3, -0.25) is 10.1 Å². The Morgan fingerprint density at radius 2 is 2.00 bits per heavy atom. The fourth-order valence-electron chi connectivity index (χ4n) is 1.50. The Bertz CT molecular complexity index is 564. The second-order valence-corrected chi connectivity index (χ2v) is 4.64. The van der Waals surface area contributed by atoms with Crippen LogP contribution in [0.4, 0.5) is 9.80 Å². The van der Waals surface area contributed by atoms with Crippen LogP contribution in [-0.2, 0) is 0 Å². The summed E-state index contributed by atoms with van der Waals surface area (Å²) < 4.78 is 0. The van der Waals surface area contributed by atoms with Gasteiger partial charge in [0.25, 0.3) is 0 Å². The molecule has 92 valence electrons. The molecule has 0 aliphatic rings. The van der Waals surface area contributed by atoms with Crippen molar-refractivity contribution in [2.45, 2.75) is 0 Å². The van der Waals surface area contributed by atoms with E-state index in [2.05, 4.69) is 10.6 Å². The van der Waals surface area contributed by atoms with E-state index in [1.54, 1.807) is 6.07 Å². The van der Waals surface area contributed by atoms with Crippen LogP contribution in [0.5, 0.6) is 0 Å². The standard InChI is InChI=1S/C13H12N2O2S/c1-14-13(17)15-12-10(8-16)7-11(18-12)9-5-3-2-4-6-9/h2-8H,1H3,(H2,14,15,17). The molecule has 1 aromatic heterocycles. The maximum absolute atomic E-state index is 11.3. The second kappa shape index (κ2) is 5.46. The number of carbonyl (C=O) groups is 2. The number of rotatable bonds is 3. The van der Waals surface area contributed by atoms with Gasteiger partial charge in [-0.25, -0.2) is 4.79 Å². The Labute approximate surface area is 109 Å². The average molecular weight is 260 g/mol. The van der Waals surface area contributed by atoms with E-state index >= 15 is 0 Å². The van der Waals surface area contributed by atoms with Crippen molar-refractivity contribution in [3.63, 3.8) is 0 Å². The van der Waals surface area contributed by atoms with Crippen molar-refractivity contribution in [2.75, 3.05) is 12.4 Å². The van der Waals surface area contributed by atoms with Gasteiger partial charge in [0, 0.05) is 17.5 Å². The first-order valence-corrected chi connectivity index (χ1v) is 6.19. The van der Waals surface area contributed by atoms with Gasteiger partial charge in [-0.05, 0) is 11.6 Å². The van der Waals surface area contributed by atoms with Gasteiger partial charge < -0.3 is 5.32 Å². The maximum atomic E-state index is 11.3. The summed E-state index contributed by atoms with van der Waals surface area (Å²) in [4.78, 5) is 23.2. The van der Waals surface area contributed by atoms with Crippen molar-refractivity contribution in [3.05, 3.63) is 42.0 Å². The summed E-state index contributed by atoms with van der Waals surface area (Å²) in [6, 6.07) is 11.2. The van der Waals surface area contributed by atoms with Gasteiger partial charge in [0.05, 0.1) is 0 Å². The molecule has 0 saturated carbocycles. The van der Waals surface area contributed by atoms with Crippen molar-refractivity contribution in [1.29, 1.82) is 0 Å². The lowest BCUT2D eigenvalue weighted by molar-refractivity contribution is 0.112. The molecule has 0 radical (unpaired) electrons. The van der Waals surface area contributed by atoms with E-state index in [1.165, 1.54) is 18.4 Å². The Kier molecular flexibility index (Phi) is 3.74. The van der Waals surface area contributed by atoms with Gasteiger partial charge in [0.2, 0.25) is 0 Å². The molecule has 0 fully saturated rings. The van der Waals surface area contributed by atoms with Crippen LogP contribution in [0.3, 0.4) is 0 Å². The molecule has 2 N–H and O–H groups in total. The predicted octanol–water partition coefficient (Wildman–Crippen LogP) is 2.98. The molecular formula is C13H12N2O2S. The molecule has 5 heteroatoms. The molecule has 4 nitrogen and oxygen atoms in total. The van der Waals surface area contributed by atoms with Crippen LogP contribution in [0.25, 0.3) is 10.4 Å². The lowest BCUT2D eigenvalue weighted by Crippen LogP contribution is -2.24. The van der Waals surface area contributed by atoms with Crippen LogP contribution >= 0.6 is 11.3 Å². The first-order chi connectivity index (χ1) is 8.74. The molecule has 0 aliphatic heterocycles. The van der Waals surface area contributed by atoms with Crippen molar-refractivity contribution in [2.24, 2.45) is 0 Å². The lowest BCUT2D eigenvalue weighted by atomic mass is 10.2. The SMILES string of the molecule is CNC(=O)Nc1sc(-c2ccccc2)cc1C=O. The summed E-state index contributed by atoms with van der Waals surface area (Å²) in [5.74, 6) is 0. The fourth-order valence-corrected chi connectivity index (χ4v) is 2.53. The van der Waals surface area contributed by atoms with E-state index in [-0.39, 0.29) is 6.03 Å². The van der Waals surface area contributed by atoms with Gasteiger partial charge in [0.15, 0.2) is 6.29 Å². The number of carbonyl (C=O) groups excluding carboxylic acids is 2. The minimum Gasteiger partial charge on any atom is -0.341 e. The van der Waals surface area contributed by atoms with E-state index in [0.29, 0.717) is 10.6 Å². The van der Waals surface area contributed by atoms with Gasteiger partial charge >= 0.3 is 6.03 Å². The summed E-state index contributed by atoms with van der Waals surface area (Å²) in [7, 11) is 1.53. The molecule has 2 aromatic rings. The number of aldehydes is 1. The number of hydrogen-bond acceptors (Lipinski definition) is 3. The van der Waals surface area contributed by atoms with Crippen LogP contribution < -0.4 is 10.6 Å². The van der Waals surface area contributed by atoms with E-state index in [4.69, 9.17) is 0 Å². The van der Waals surface area contributed by atoms with Crippen LogP contribution in [0.2, 0.25) is 0 Å². The van der Waals surface area contributed by atoms with Crippen molar-refractivity contribution >= 4 is 28.7 Å². The van der Waals surface area contributed by atoms with Gasteiger partial charge in [-0.2, -0.15) is 0 Å². The monoisotopic (exact) mass is 260 g/mol. The number of anilines is 1. The van der Waals surface area contributed by atoms with Crippen molar-refractivity contribution < 1.29 is 9.59 Å².